The Morgan fingerprint density at radius 1 is 0.725 bits per heavy atom. The number of aromatic nitrogens is 4. The molecule has 1 aromatic heterocycles. The minimum atomic E-state index is -0.948. The second kappa shape index (κ2) is 13.7. The standard InChI is InChI=1S/C43H40N6O2/c1-5-29-49(4)40(38(42(50)51)39(46-49)30(2)3)32-27-25-31(26-28-32)36-23-15-16-24-37(36)41-44-47-48(45-41)43(33-17-9-6-10-18-33,34-19-11-7-12-20-34)35-21-13-8-14-22-35/h6-28,30H,5,29H2,1-4H3/p+1. The first-order chi connectivity index (χ1) is 24.8. The van der Waals surface area contributed by atoms with Gasteiger partial charge in [0.1, 0.15) is 12.3 Å². The molecule has 1 unspecified atom stereocenters. The molecule has 0 fully saturated rings. The van der Waals surface area contributed by atoms with E-state index in [4.69, 9.17) is 20.5 Å². The fourth-order valence-electron chi connectivity index (χ4n) is 7.42. The summed E-state index contributed by atoms with van der Waals surface area (Å²) in [5.74, 6) is -0.466. The van der Waals surface area contributed by atoms with Crippen molar-refractivity contribution in [2.75, 3.05) is 13.6 Å². The fourth-order valence-corrected chi connectivity index (χ4v) is 7.42. The Labute approximate surface area is 298 Å². The first kappa shape index (κ1) is 33.5. The number of nitrogens with zero attached hydrogens (tertiary/aromatic N) is 6. The van der Waals surface area contributed by atoms with Gasteiger partial charge in [0.25, 0.3) is 0 Å². The summed E-state index contributed by atoms with van der Waals surface area (Å²) in [7, 11) is 2.00. The largest absolute Gasteiger partial charge is 0.477 e. The Bertz CT molecular complexity index is 2130. The molecule has 0 saturated heterocycles. The van der Waals surface area contributed by atoms with Crippen molar-refractivity contribution in [3.63, 3.8) is 0 Å². The van der Waals surface area contributed by atoms with Crippen molar-refractivity contribution in [3.8, 4) is 22.5 Å². The molecule has 0 saturated carbocycles. The maximum atomic E-state index is 12.7. The Balaban J connectivity index is 1.34. The number of hydrogen-bond donors (Lipinski definition) is 1. The van der Waals surface area contributed by atoms with Crippen molar-refractivity contribution in [3.05, 3.63) is 167 Å². The number of benzene rings is 5. The number of aliphatic carboxylic acids is 1. The van der Waals surface area contributed by atoms with Crippen molar-refractivity contribution in [1.82, 2.24) is 20.2 Å². The molecule has 5 aromatic carbocycles. The minimum Gasteiger partial charge on any atom is -0.477 e. The topological polar surface area (TPSA) is 93.3 Å². The lowest BCUT2D eigenvalue weighted by Crippen LogP contribution is -2.39. The van der Waals surface area contributed by atoms with Crippen LogP contribution in [0.1, 0.15) is 49.4 Å². The highest BCUT2D eigenvalue weighted by Gasteiger charge is 2.44. The number of carboxylic acids is 1. The van der Waals surface area contributed by atoms with Crippen molar-refractivity contribution >= 4 is 17.4 Å². The Kier molecular flexibility index (Phi) is 9.02. The zero-order valence-electron chi connectivity index (χ0n) is 29.3. The van der Waals surface area contributed by atoms with Crippen LogP contribution in [0.3, 0.4) is 0 Å². The normalized spacial score (nSPS) is 16.1. The zero-order chi connectivity index (χ0) is 35.6. The van der Waals surface area contributed by atoms with E-state index >= 15 is 0 Å². The van der Waals surface area contributed by atoms with Gasteiger partial charge in [0.2, 0.25) is 5.82 Å². The summed E-state index contributed by atoms with van der Waals surface area (Å²) < 4.78 is 0.209. The van der Waals surface area contributed by atoms with E-state index in [-0.39, 0.29) is 10.5 Å². The van der Waals surface area contributed by atoms with Gasteiger partial charge in [-0.05, 0) is 51.6 Å². The average molecular weight is 674 g/mol. The van der Waals surface area contributed by atoms with Crippen LogP contribution in [0.15, 0.2) is 150 Å². The molecule has 51 heavy (non-hydrogen) atoms. The number of carboxylic acid groups (broad SMARTS) is 1. The molecule has 8 heteroatoms. The van der Waals surface area contributed by atoms with Crippen LogP contribution in [0, 0.1) is 5.92 Å². The molecule has 254 valence electrons. The minimum absolute atomic E-state index is 0.0145. The Hall–Kier alpha value is -5.99. The van der Waals surface area contributed by atoms with Gasteiger partial charge in [0.15, 0.2) is 16.8 Å². The van der Waals surface area contributed by atoms with Crippen molar-refractivity contribution in [2.24, 2.45) is 11.0 Å². The highest BCUT2D eigenvalue weighted by Crippen LogP contribution is 2.42. The number of quaternary nitrogens is 1. The molecule has 0 aliphatic carbocycles. The van der Waals surface area contributed by atoms with Crippen LogP contribution >= 0.6 is 0 Å². The molecule has 6 aromatic rings. The van der Waals surface area contributed by atoms with Crippen LogP contribution in [-0.2, 0) is 10.3 Å². The third-order valence-electron chi connectivity index (χ3n) is 9.65. The van der Waals surface area contributed by atoms with Crippen molar-refractivity contribution < 1.29 is 14.5 Å². The number of hydrogen-bond acceptors (Lipinski definition) is 5. The monoisotopic (exact) mass is 673 g/mol. The molecule has 1 N–H and O–H groups in total. The van der Waals surface area contributed by atoms with Crippen LogP contribution in [0.4, 0.5) is 0 Å². The van der Waals surface area contributed by atoms with Crippen molar-refractivity contribution in [1.29, 1.82) is 0 Å². The maximum absolute atomic E-state index is 12.7. The number of carbonyl (C=O) groups is 1. The highest BCUT2D eigenvalue weighted by atomic mass is 16.4. The molecule has 0 spiro atoms. The zero-order valence-corrected chi connectivity index (χ0v) is 29.3. The Morgan fingerprint density at radius 3 is 1.71 bits per heavy atom. The van der Waals surface area contributed by atoms with Gasteiger partial charge in [-0.3, -0.25) is 0 Å². The predicted molar refractivity (Wildman–Crippen MR) is 201 cm³/mol. The van der Waals surface area contributed by atoms with Gasteiger partial charge < -0.3 is 5.11 Å². The third-order valence-corrected chi connectivity index (χ3v) is 9.65. The van der Waals surface area contributed by atoms with E-state index in [1.54, 1.807) is 4.80 Å². The van der Waals surface area contributed by atoms with Crippen LogP contribution < -0.4 is 0 Å². The summed E-state index contributed by atoms with van der Waals surface area (Å²) in [6, 6.07) is 47.0. The summed E-state index contributed by atoms with van der Waals surface area (Å²) in [6.45, 7) is 6.78. The quantitative estimate of drug-likeness (QED) is 0.110. The molecule has 1 aliphatic heterocycles. The van der Waals surface area contributed by atoms with Crippen LogP contribution in [-0.4, -0.2) is 55.2 Å². The van der Waals surface area contributed by atoms with Gasteiger partial charge >= 0.3 is 5.97 Å². The lowest BCUT2D eigenvalue weighted by Gasteiger charge is -2.34. The summed E-state index contributed by atoms with van der Waals surface area (Å²) >= 11 is 0. The number of rotatable bonds is 11. The lowest BCUT2D eigenvalue weighted by atomic mass is 9.77. The molecule has 7 rings (SSSR count). The fraction of sp³-hybridized carbons (Fsp3) is 0.186. The van der Waals surface area contributed by atoms with Crippen LogP contribution in [0.5, 0.6) is 0 Å². The third kappa shape index (κ3) is 5.87. The van der Waals surface area contributed by atoms with Gasteiger partial charge in [-0.25, -0.2) is 4.79 Å². The Morgan fingerprint density at radius 2 is 1.22 bits per heavy atom. The van der Waals surface area contributed by atoms with E-state index < -0.39 is 11.5 Å². The van der Waals surface area contributed by atoms with E-state index in [1.165, 1.54) is 0 Å². The van der Waals surface area contributed by atoms with Crippen LogP contribution in [0.25, 0.3) is 28.2 Å². The average Bonchev–Trinajstić information content (AvgIpc) is 3.77. The van der Waals surface area contributed by atoms with E-state index in [2.05, 4.69) is 49.4 Å². The summed E-state index contributed by atoms with van der Waals surface area (Å²) in [4.78, 5) is 14.4. The molecule has 2 heterocycles. The second-order valence-electron chi connectivity index (χ2n) is 13.4. The molecule has 1 atom stereocenters. The summed E-state index contributed by atoms with van der Waals surface area (Å²) in [5, 5.41) is 29.9. The highest BCUT2D eigenvalue weighted by molar-refractivity contribution is 6.25. The molecule has 8 nitrogen and oxygen atoms in total. The molecular formula is C43H41N6O2+. The predicted octanol–water partition coefficient (Wildman–Crippen LogP) is 8.53. The van der Waals surface area contributed by atoms with Crippen molar-refractivity contribution in [2.45, 2.75) is 32.7 Å². The SMILES string of the molecule is CCC[N+]1(C)N=C(C(C)C)C(C(=O)O)=C1c1ccc(-c2ccccc2-c2nnn(C(c3ccccc3)(c3ccccc3)c3ccccc3)n2)cc1. The first-order valence-corrected chi connectivity index (χ1v) is 17.4. The van der Waals surface area contributed by atoms with E-state index in [1.807, 2.05) is 118 Å². The van der Waals surface area contributed by atoms with Gasteiger partial charge in [-0.1, -0.05) is 153 Å². The molecule has 0 bridgehead atoms. The first-order valence-electron chi connectivity index (χ1n) is 17.4. The van der Waals surface area contributed by atoms with Gasteiger partial charge in [0, 0.05) is 17.0 Å². The van der Waals surface area contributed by atoms with E-state index in [9.17, 15) is 9.90 Å². The molecule has 0 amide bonds. The summed E-state index contributed by atoms with van der Waals surface area (Å²) in [6.07, 6.45) is 0.862. The van der Waals surface area contributed by atoms with E-state index in [0.717, 1.165) is 51.1 Å². The molecular weight excluding hydrogens is 633 g/mol. The van der Waals surface area contributed by atoms with Gasteiger partial charge in [0.05, 0.1) is 7.05 Å². The molecule has 1 aliphatic rings. The van der Waals surface area contributed by atoms with Gasteiger partial charge in [-0.15, -0.1) is 15.0 Å². The molecule has 0 radical (unpaired) electrons. The lowest BCUT2D eigenvalue weighted by molar-refractivity contribution is -0.844. The summed E-state index contributed by atoms with van der Waals surface area (Å²) in [5.41, 5.74) is 7.37. The van der Waals surface area contributed by atoms with E-state index in [0.29, 0.717) is 23.7 Å². The second-order valence-corrected chi connectivity index (χ2v) is 13.4. The smallest absolute Gasteiger partial charge is 0.344 e. The van der Waals surface area contributed by atoms with Gasteiger partial charge in [-0.2, -0.15) is 4.59 Å². The maximum Gasteiger partial charge on any atom is 0.344 e. The van der Waals surface area contributed by atoms with Crippen LogP contribution in [0.2, 0.25) is 0 Å². The number of tetrazole rings is 1.